The van der Waals surface area contributed by atoms with Crippen LogP contribution in [0, 0.1) is 0 Å². The minimum atomic E-state index is 0.120. The number of nitrogens with two attached hydrogens (primary N) is 1. The van der Waals surface area contributed by atoms with Gasteiger partial charge in [0, 0.05) is 32.3 Å². The molecular formula is C15H24Cl2N2O. The van der Waals surface area contributed by atoms with Gasteiger partial charge in [0.25, 0.3) is 0 Å². The summed E-state index contributed by atoms with van der Waals surface area (Å²) in [6.45, 7) is 6.44. The third kappa shape index (κ3) is 4.61. The zero-order chi connectivity index (χ0) is 15.1. The number of nitrogens with zero attached hydrogens (tertiary/aromatic N) is 1. The second kappa shape index (κ2) is 8.85. The molecule has 0 fully saturated rings. The Bertz CT molecular complexity index is 415. The molecule has 1 aromatic carbocycles. The van der Waals surface area contributed by atoms with Crippen molar-refractivity contribution in [3.8, 4) is 0 Å². The van der Waals surface area contributed by atoms with E-state index in [2.05, 4.69) is 18.7 Å². The molecule has 0 radical (unpaired) electrons. The van der Waals surface area contributed by atoms with Crippen LogP contribution in [0.3, 0.4) is 0 Å². The molecule has 1 aromatic rings. The summed E-state index contributed by atoms with van der Waals surface area (Å²) < 4.78 is 5.21. The molecule has 0 aliphatic rings. The van der Waals surface area contributed by atoms with Crippen LogP contribution in [-0.4, -0.2) is 37.7 Å². The molecule has 1 rings (SSSR count). The SMILES string of the molecule is CCC(C)N(CCOC)C(CN)c1ccc(Cl)c(Cl)c1. The monoisotopic (exact) mass is 318 g/mol. The smallest absolute Gasteiger partial charge is 0.0595 e. The lowest BCUT2D eigenvalue weighted by Crippen LogP contribution is -2.41. The summed E-state index contributed by atoms with van der Waals surface area (Å²) >= 11 is 12.1. The molecule has 0 amide bonds. The molecule has 114 valence electrons. The number of hydrogen-bond donors (Lipinski definition) is 1. The van der Waals surface area contributed by atoms with Crippen LogP contribution in [0.2, 0.25) is 10.0 Å². The molecule has 0 bridgehead atoms. The quantitative estimate of drug-likeness (QED) is 0.793. The number of hydrogen-bond acceptors (Lipinski definition) is 3. The first-order valence-corrected chi connectivity index (χ1v) is 7.70. The van der Waals surface area contributed by atoms with Gasteiger partial charge in [0.2, 0.25) is 0 Å². The van der Waals surface area contributed by atoms with Crippen LogP contribution in [-0.2, 0) is 4.74 Å². The molecule has 2 atom stereocenters. The van der Waals surface area contributed by atoms with Crippen LogP contribution in [0.25, 0.3) is 0 Å². The highest BCUT2D eigenvalue weighted by atomic mass is 35.5. The lowest BCUT2D eigenvalue weighted by molar-refractivity contribution is 0.0902. The molecule has 0 aliphatic carbocycles. The van der Waals surface area contributed by atoms with Gasteiger partial charge in [-0.05, 0) is 31.0 Å². The summed E-state index contributed by atoms with van der Waals surface area (Å²) in [7, 11) is 1.71. The number of benzene rings is 1. The van der Waals surface area contributed by atoms with E-state index in [0.29, 0.717) is 29.2 Å². The van der Waals surface area contributed by atoms with E-state index in [9.17, 15) is 0 Å². The van der Waals surface area contributed by atoms with Gasteiger partial charge in [0.15, 0.2) is 0 Å². The largest absolute Gasteiger partial charge is 0.383 e. The van der Waals surface area contributed by atoms with E-state index >= 15 is 0 Å². The second-order valence-corrected chi connectivity index (χ2v) is 5.73. The van der Waals surface area contributed by atoms with Gasteiger partial charge >= 0.3 is 0 Å². The standard InChI is InChI=1S/C15H24Cl2N2O/c1-4-11(2)19(7-8-20-3)15(10-18)12-5-6-13(16)14(17)9-12/h5-6,9,11,15H,4,7-8,10,18H2,1-3H3. The van der Waals surface area contributed by atoms with Gasteiger partial charge in [-0.1, -0.05) is 36.2 Å². The summed E-state index contributed by atoms with van der Waals surface area (Å²) in [6.07, 6.45) is 1.06. The summed E-state index contributed by atoms with van der Waals surface area (Å²) in [5.41, 5.74) is 7.10. The van der Waals surface area contributed by atoms with Crippen molar-refractivity contribution in [3.63, 3.8) is 0 Å². The summed E-state index contributed by atoms with van der Waals surface area (Å²) in [5.74, 6) is 0. The molecule has 5 heteroatoms. The molecule has 0 heterocycles. The van der Waals surface area contributed by atoms with E-state index in [4.69, 9.17) is 33.7 Å². The second-order valence-electron chi connectivity index (χ2n) is 4.91. The Kier molecular flexibility index (Phi) is 7.85. The van der Waals surface area contributed by atoms with Crippen molar-refractivity contribution in [1.82, 2.24) is 4.90 Å². The first-order chi connectivity index (χ1) is 9.54. The molecule has 3 nitrogen and oxygen atoms in total. The minimum absolute atomic E-state index is 0.120. The van der Waals surface area contributed by atoms with Crippen molar-refractivity contribution < 1.29 is 4.74 Å². The normalized spacial score (nSPS) is 14.6. The van der Waals surface area contributed by atoms with E-state index in [1.807, 2.05) is 18.2 Å². The predicted molar refractivity (Wildman–Crippen MR) is 86.6 cm³/mol. The molecular weight excluding hydrogens is 295 g/mol. The Morgan fingerprint density at radius 1 is 1.30 bits per heavy atom. The number of rotatable bonds is 8. The first kappa shape index (κ1) is 17.7. The Balaban J connectivity index is 3.01. The maximum absolute atomic E-state index is 6.12. The van der Waals surface area contributed by atoms with Gasteiger partial charge in [0.05, 0.1) is 16.7 Å². The van der Waals surface area contributed by atoms with Crippen LogP contribution in [0.5, 0.6) is 0 Å². The van der Waals surface area contributed by atoms with Crippen molar-refractivity contribution >= 4 is 23.2 Å². The molecule has 20 heavy (non-hydrogen) atoms. The molecule has 2 unspecified atom stereocenters. The highest BCUT2D eigenvalue weighted by Crippen LogP contribution is 2.29. The van der Waals surface area contributed by atoms with Gasteiger partial charge in [0.1, 0.15) is 0 Å². The van der Waals surface area contributed by atoms with Crippen molar-refractivity contribution in [2.75, 3.05) is 26.8 Å². The van der Waals surface area contributed by atoms with Crippen LogP contribution in [0.1, 0.15) is 31.9 Å². The molecule has 0 aliphatic heterocycles. The van der Waals surface area contributed by atoms with Crippen molar-refractivity contribution in [1.29, 1.82) is 0 Å². The van der Waals surface area contributed by atoms with Crippen molar-refractivity contribution in [3.05, 3.63) is 33.8 Å². The van der Waals surface area contributed by atoms with Gasteiger partial charge in [-0.25, -0.2) is 0 Å². The van der Waals surface area contributed by atoms with Crippen LogP contribution < -0.4 is 5.73 Å². The number of methoxy groups -OCH3 is 1. The summed E-state index contributed by atoms with van der Waals surface area (Å²) in [5, 5.41) is 1.14. The van der Waals surface area contributed by atoms with Gasteiger partial charge in [-0.2, -0.15) is 0 Å². The topological polar surface area (TPSA) is 38.5 Å². The molecule has 0 aromatic heterocycles. The van der Waals surface area contributed by atoms with Crippen molar-refractivity contribution in [2.24, 2.45) is 5.73 Å². The Morgan fingerprint density at radius 3 is 2.50 bits per heavy atom. The highest BCUT2D eigenvalue weighted by Gasteiger charge is 2.23. The zero-order valence-electron chi connectivity index (χ0n) is 12.4. The number of halogens is 2. The molecule has 2 N–H and O–H groups in total. The average molecular weight is 319 g/mol. The molecule has 0 saturated carbocycles. The molecule has 0 saturated heterocycles. The van der Waals surface area contributed by atoms with Gasteiger partial charge in [-0.3, -0.25) is 4.90 Å². The molecule has 0 spiro atoms. The average Bonchev–Trinajstić information content (AvgIpc) is 2.46. The third-order valence-corrected chi connectivity index (χ3v) is 4.40. The van der Waals surface area contributed by atoms with Crippen LogP contribution in [0.4, 0.5) is 0 Å². The lowest BCUT2D eigenvalue weighted by atomic mass is 10.0. The Hall–Kier alpha value is -0.320. The summed E-state index contributed by atoms with van der Waals surface area (Å²) in [4.78, 5) is 2.36. The number of ether oxygens (including phenoxy) is 1. The van der Waals surface area contributed by atoms with Crippen molar-refractivity contribution in [2.45, 2.75) is 32.4 Å². The van der Waals surface area contributed by atoms with Gasteiger partial charge in [-0.15, -0.1) is 0 Å². The fourth-order valence-corrected chi connectivity index (χ4v) is 2.60. The maximum atomic E-state index is 6.12. The fraction of sp³-hybridized carbons (Fsp3) is 0.600. The van der Waals surface area contributed by atoms with E-state index < -0.39 is 0 Å². The minimum Gasteiger partial charge on any atom is -0.383 e. The van der Waals surface area contributed by atoms with Crippen LogP contribution in [0.15, 0.2) is 18.2 Å². The predicted octanol–water partition coefficient (Wildman–Crippen LogP) is 3.74. The van der Waals surface area contributed by atoms with E-state index in [1.54, 1.807) is 7.11 Å². The van der Waals surface area contributed by atoms with E-state index in [0.717, 1.165) is 18.5 Å². The van der Waals surface area contributed by atoms with E-state index in [-0.39, 0.29) is 6.04 Å². The third-order valence-electron chi connectivity index (χ3n) is 3.66. The fourth-order valence-electron chi connectivity index (χ4n) is 2.30. The summed E-state index contributed by atoms with van der Waals surface area (Å²) in [6, 6.07) is 6.27. The van der Waals surface area contributed by atoms with E-state index in [1.165, 1.54) is 0 Å². The zero-order valence-corrected chi connectivity index (χ0v) is 13.9. The highest BCUT2D eigenvalue weighted by molar-refractivity contribution is 6.42. The Morgan fingerprint density at radius 2 is 2.00 bits per heavy atom. The van der Waals surface area contributed by atoms with Gasteiger partial charge < -0.3 is 10.5 Å². The maximum Gasteiger partial charge on any atom is 0.0595 e. The lowest BCUT2D eigenvalue weighted by Gasteiger charge is -2.36. The van der Waals surface area contributed by atoms with Crippen LogP contribution >= 0.6 is 23.2 Å². The Labute approximate surface area is 132 Å². The first-order valence-electron chi connectivity index (χ1n) is 6.94.